The molecule has 1 N–H and O–H groups in total. The second kappa shape index (κ2) is 8.14. The highest BCUT2D eigenvalue weighted by Crippen LogP contribution is 2.32. The van der Waals surface area contributed by atoms with Gasteiger partial charge in [0.05, 0.1) is 6.04 Å². The lowest BCUT2D eigenvalue weighted by Gasteiger charge is -2.37. The van der Waals surface area contributed by atoms with E-state index in [9.17, 15) is 14.0 Å². The van der Waals surface area contributed by atoms with Crippen molar-refractivity contribution in [2.24, 2.45) is 0 Å². The number of rotatable bonds is 4. The van der Waals surface area contributed by atoms with Gasteiger partial charge in [-0.2, -0.15) is 0 Å². The van der Waals surface area contributed by atoms with E-state index in [2.05, 4.69) is 10.2 Å². The molecule has 2 fully saturated rings. The number of nitrogens with one attached hydrogen (secondary N) is 1. The van der Waals surface area contributed by atoms with E-state index < -0.39 is 11.9 Å². The fourth-order valence-corrected chi connectivity index (χ4v) is 3.90. The monoisotopic (exact) mass is 362 g/mol. The first kappa shape index (κ1) is 18.8. The van der Waals surface area contributed by atoms with Crippen LogP contribution in [0, 0.1) is 5.82 Å². The molecule has 0 spiro atoms. The Kier molecular flexibility index (Phi) is 5.88. The van der Waals surface area contributed by atoms with Crippen molar-refractivity contribution in [2.45, 2.75) is 24.9 Å². The van der Waals surface area contributed by atoms with Gasteiger partial charge < -0.3 is 15.1 Å². The molecule has 2 aliphatic rings. The number of benzene rings is 1. The van der Waals surface area contributed by atoms with E-state index in [1.165, 1.54) is 6.07 Å². The third-order valence-electron chi connectivity index (χ3n) is 5.42. The predicted octanol–water partition coefficient (Wildman–Crippen LogP) is 0.851. The molecule has 0 bridgehead atoms. The molecule has 2 aliphatic heterocycles. The van der Waals surface area contributed by atoms with Gasteiger partial charge in [0.15, 0.2) is 0 Å². The topological polar surface area (TPSA) is 55.9 Å². The van der Waals surface area contributed by atoms with Crippen LogP contribution in [-0.4, -0.2) is 79.4 Å². The zero-order valence-corrected chi connectivity index (χ0v) is 15.4. The molecule has 142 valence electrons. The molecule has 2 saturated heterocycles. The van der Waals surface area contributed by atoms with Crippen LogP contribution in [0.15, 0.2) is 24.3 Å². The summed E-state index contributed by atoms with van der Waals surface area (Å²) >= 11 is 0. The number of hydrogen-bond donors (Lipinski definition) is 1. The van der Waals surface area contributed by atoms with Gasteiger partial charge in [0.1, 0.15) is 11.9 Å². The summed E-state index contributed by atoms with van der Waals surface area (Å²) in [7, 11) is 3.59. The van der Waals surface area contributed by atoms with Crippen molar-refractivity contribution in [1.82, 2.24) is 20.0 Å². The summed E-state index contributed by atoms with van der Waals surface area (Å²) in [5.41, 5.74) is 0.324. The average molecular weight is 362 g/mol. The number of likely N-dealkylation sites (N-methyl/N-ethyl adjacent to an activating group) is 2. The molecule has 0 aliphatic carbocycles. The molecule has 0 radical (unpaired) electrons. The Hall–Kier alpha value is -1.99. The highest BCUT2D eigenvalue weighted by molar-refractivity contribution is 5.86. The van der Waals surface area contributed by atoms with Crippen molar-refractivity contribution >= 4 is 11.8 Å². The summed E-state index contributed by atoms with van der Waals surface area (Å²) in [4.78, 5) is 31.6. The molecule has 26 heavy (non-hydrogen) atoms. The number of halogens is 1. The lowest BCUT2D eigenvalue weighted by Crippen LogP contribution is -2.54. The molecule has 0 aromatic heterocycles. The Morgan fingerprint density at radius 3 is 2.50 bits per heavy atom. The largest absolute Gasteiger partial charge is 0.358 e. The van der Waals surface area contributed by atoms with E-state index in [0.717, 1.165) is 19.5 Å². The Labute approximate surface area is 153 Å². The van der Waals surface area contributed by atoms with Gasteiger partial charge in [-0.15, -0.1) is 0 Å². The predicted molar refractivity (Wildman–Crippen MR) is 97.0 cm³/mol. The van der Waals surface area contributed by atoms with E-state index >= 15 is 0 Å². The molecule has 2 amide bonds. The van der Waals surface area contributed by atoms with Gasteiger partial charge in [-0.3, -0.25) is 14.5 Å². The normalized spacial score (nSPS) is 23.0. The zero-order valence-electron chi connectivity index (χ0n) is 15.4. The fourth-order valence-electron chi connectivity index (χ4n) is 3.90. The lowest BCUT2D eigenvalue weighted by molar-refractivity contribution is -0.140. The molecule has 1 aromatic rings. The molecule has 1 aromatic carbocycles. The minimum Gasteiger partial charge on any atom is -0.358 e. The van der Waals surface area contributed by atoms with Gasteiger partial charge in [0.25, 0.3) is 0 Å². The van der Waals surface area contributed by atoms with Crippen LogP contribution in [0.1, 0.15) is 24.4 Å². The summed E-state index contributed by atoms with van der Waals surface area (Å²) in [6.07, 6.45) is 1.53. The SMILES string of the molecule is CNC(=O)C(c1ccccc1F)N1CCCC1C(=O)N1CCN(C)CC1. The van der Waals surface area contributed by atoms with Crippen molar-refractivity contribution in [3.63, 3.8) is 0 Å². The average Bonchev–Trinajstić information content (AvgIpc) is 3.12. The maximum atomic E-state index is 14.4. The second-order valence-electron chi connectivity index (χ2n) is 7.06. The molecule has 2 unspecified atom stereocenters. The number of likely N-dealkylation sites (tertiary alicyclic amines) is 1. The Balaban J connectivity index is 1.85. The lowest BCUT2D eigenvalue weighted by atomic mass is 10.0. The summed E-state index contributed by atoms with van der Waals surface area (Å²) in [6, 6.07) is 5.16. The smallest absolute Gasteiger partial charge is 0.241 e. The molecule has 7 heteroatoms. The number of carbonyl (C=O) groups is 2. The molecular formula is C19H27FN4O2. The molecule has 2 heterocycles. The van der Waals surface area contributed by atoms with Crippen LogP contribution in [0.4, 0.5) is 4.39 Å². The molecule has 2 atom stereocenters. The Morgan fingerprint density at radius 1 is 1.15 bits per heavy atom. The van der Waals surface area contributed by atoms with Crippen LogP contribution in [0.5, 0.6) is 0 Å². The first-order valence-electron chi connectivity index (χ1n) is 9.22. The van der Waals surface area contributed by atoms with E-state index in [1.54, 1.807) is 25.2 Å². The minimum absolute atomic E-state index is 0.0563. The third-order valence-corrected chi connectivity index (χ3v) is 5.42. The van der Waals surface area contributed by atoms with E-state index in [0.29, 0.717) is 31.6 Å². The van der Waals surface area contributed by atoms with Gasteiger partial charge >= 0.3 is 0 Å². The van der Waals surface area contributed by atoms with Crippen LogP contribution in [0.2, 0.25) is 0 Å². The van der Waals surface area contributed by atoms with Crippen molar-refractivity contribution < 1.29 is 14.0 Å². The van der Waals surface area contributed by atoms with Crippen LogP contribution in [0.3, 0.4) is 0 Å². The third kappa shape index (κ3) is 3.73. The molecular weight excluding hydrogens is 335 g/mol. The highest BCUT2D eigenvalue weighted by Gasteiger charge is 2.41. The van der Waals surface area contributed by atoms with Gasteiger partial charge in [-0.25, -0.2) is 4.39 Å². The Morgan fingerprint density at radius 2 is 1.85 bits per heavy atom. The first-order chi connectivity index (χ1) is 12.5. The zero-order chi connectivity index (χ0) is 18.7. The summed E-state index contributed by atoms with van der Waals surface area (Å²) in [6.45, 7) is 3.71. The highest BCUT2D eigenvalue weighted by atomic mass is 19.1. The van der Waals surface area contributed by atoms with Crippen LogP contribution in [0.25, 0.3) is 0 Å². The number of hydrogen-bond acceptors (Lipinski definition) is 4. The first-order valence-corrected chi connectivity index (χ1v) is 9.22. The van der Waals surface area contributed by atoms with E-state index in [-0.39, 0.29) is 17.9 Å². The van der Waals surface area contributed by atoms with Crippen LogP contribution in [-0.2, 0) is 9.59 Å². The van der Waals surface area contributed by atoms with Crippen LogP contribution >= 0.6 is 0 Å². The molecule has 0 saturated carbocycles. The van der Waals surface area contributed by atoms with E-state index in [4.69, 9.17) is 0 Å². The molecule has 6 nitrogen and oxygen atoms in total. The minimum atomic E-state index is -0.787. The van der Waals surface area contributed by atoms with Crippen LogP contribution < -0.4 is 5.32 Å². The van der Waals surface area contributed by atoms with E-state index in [1.807, 2.05) is 16.8 Å². The quantitative estimate of drug-likeness (QED) is 0.863. The van der Waals surface area contributed by atoms with Crippen molar-refractivity contribution in [1.29, 1.82) is 0 Å². The number of nitrogens with zero attached hydrogens (tertiary/aromatic N) is 3. The number of amides is 2. The van der Waals surface area contributed by atoms with Crippen molar-refractivity contribution in [3.05, 3.63) is 35.6 Å². The van der Waals surface area contributed by atoms with Gasteiger partial charge in [0.2, 0.25) is 11.8 Å². The van der Waals surface area contributed by atoms with Gasteiger partial charge in [0, 0.05) is 45.3 Å². The summed E-state index contributed by atoms with van der Waals surface area (Å²) < 4.78 is 14.4. The number of carbonyl (C=O) groups excluding carboxylic acids is 2. The van der Waals surface area contributed by atoms with Gasteiger partial charge in [-0.1, -0.05) is 18.2 Å². The Bertz CT molecular complexity index is 661. The maximum Gasteiger partial charge on any atom is 0.241 e. The van der Waals surface area contributed by atoms with Crippen molar-refractivity contribution in [3.8, 4) is 0 Å². The maximum absolute atomic E-state index is 14.4. The molecule has 3 rings (SSSR count). The fraction of sp³-hybridized carbons (Fsp3) is 0.579. The van der Waals surface area contributed by atoms with Gasteiger partial charge in [-0.05, 0) is 26.0 Å². The standard InChI is InChI=1S/C19H27FN4O2/c1-21-18(25)17(14-6-3-4-7-15(14)20)24-9-5-8-16(24)19(26)23-12-10-22(2)11-13-23/h3-4,6-7,16-17H,5,8-13H2,1-2H3,(H,21,25). The summed E-state index contributed by atoms with van der Waals surface area (Å²) in [5.74, 6) is -0.646. The van der Waals surface area contributed by atoms with Crippen molar-refractivity contribution in [2.75, 3.05) is 46.8 Å². The second-order valence-corrected chi connectivity index (χ2v) is 7.06. The summed E-state index contributed by atoms with van der Waals surface area (Å²) in [5, 5.41) is 2.63. The number of piperazine rings is 1.